The number of hydrogen-bond donors (Lipinski definition) is 3. The van der Waals surface area contributed by atoms with Crippen LogP contribution >= 0.6 is 0 Å². The molecule has 114 valence electrons. The van der Waals surface area contributed by atoms with Crippen LogP contribution in [0.5, 0.6) is 0 Å². The molecule has 6 nitrogen and oxygen atoms in total. The molecule has 1 aliphatic heterocycles. The van der Waals surface area contributed by atoms with Gasteiger partial charge in [-0.2, -0.15) is 0 Å². The number of carbonyl (C=O) groups excluding carboxylic acids is 1. The van der Waals surface area contributed by atoms with Crippen LogP contribution in [-0.2, 0) is 20.7 Å². The number of aliphatic carboxylic acids is 1. The third-order valence-corrected chi connectivity index (χ3v) is 3.47. The fourth-order valence-corrected chi connectivity index (χ4v) is 2.10. The van der Waals surface area contributed by atoms with Gasteiger partial charge in [-0.1, -0.05) is 30.3 Å². The number of carbonyl (C=O) groups is 2. The summed E-state index contributed by atoms with van der Waals surface area (Å²) in [6.45, 7) is 3.19. The van der Waals surface area contributed by atoms with Gasteiger partial charge < -0.3 is 20.5 Å². The number of rotatable bonds is 7. The molecule has 3 N–H and O–H groups in total. The first-order chi connectivity index (χ1) is 9.98. The fourth-order valence-electron chi connectivity index (χ4n) is 2.10. The largest absolute Gasteiger partial charge is 0.480 e. The maximum Gasteiger partial charge on any atom is 0.326 e. The zero-order valence-corrected chi connectivity index (χ0v) is 12.0. The first kappa shape index (κ1) is 15.5. The third-order valence-electron chi connectivity index (χ3n) is 3.47. The molecule has 1 heterocycles. The molecule has 1 unspecified atom stereocenters. The smallest absolute Gasteiger partial charge is 0.326 e. The van der Waals surface area contributed by atoms with Gasteiger partial charge in [0.1, 0.15) is 12.6 Å². The van der Waals surface area contributed by atoms with Gasteiger partial charge in [-0.05, 0) is 12.5 Å². The summed E-state index contributed by atoms with van der Waals surface area (Å²) >= 11 is 0. The molecule has 1 aromatic carbocycles. The van der Waals surface area contributed by atoms with Crippen molar-refractivity contribution in [3.63, 3.8) is 0 Å². The predicted molar refractivity (Wildman–Crippen MR) is 76.9 cm³/mol. The van der Waals surface area contributed by atoms with Crippen LogP contribution in [0.4, 0.5) is 0 Å². The van der Waals surface area contributed by atoms with Crippen LogP contribution in [0.3, 0.4) is 0 Å². The van der Waals surface area contributed by atoms with Crippen LogP contribution in [-0.4, -0.2) is 48.3 Å². The Morgan fingerprint density at radius 2 is 2.05 bits per heavy atom. The Kier molecular flexibility index (Phi) is 4.93. The maximum absolute atomic E-state index is 11.8. The van der Waals surface area contributed by atoms with Crippen LogP contribution in [0.2, 0.25) is 0 Å². The van der Waals surface area contributed by atoms with Crippen molar-refractivity contribution in [2.75, 3.05) is 19.7 Å². The summed E-state index contributed by atoms with van der Waals surface area (Å²) in [7, 11) is 0. The zero-order chi connectivity index (χ0) is 15.3. The van der Waals surface area contributed by atoms with E-state index in [1.165, 1.54) is 0 Å². The van der Waals surface area contributed by atoms with E-state index in [1.807, 2.05) is 37.3 Å². The van der Waals surface area contributed by atoms with E-state index in [-0.39, 0.29) is 18.6 Å². The Hall–Kier alpha value is -1.92. The number of ether oxygens (including phenoxy) is 1. The monoisotopic (exact) mass is 292 g/mol. The van der Waals surface area contributed by atoms with E-state index >= 15 is 0 Å². The summed E-state index contributed by atoms with van der Waals surface area (Å²) in [5.41, 5.74) is 0.538. The van der Waals surface area contributed by atoms with Gasteiger partial charge in [0.25, 0.3) is 0 Å². The van der Waals surface area contributed by atoms with E-state index in [1.54, 1.807) is 0 Å². The maximum atomic E-state index is 11.8. The van der Waals surface area contributed by atoms with Crippen LogP contribution in [0, 0.1) is 0 Å². The first-order valence-corrected chi connectivity index (χ1v) is 6.89. The molecular weight excluding hydrogens is 272 g/mol. The molecular formula is C15H20N2O4. The molecule has 0 aromatic heterocycles. The van der Waals surface area contributed by atoms with Gasteiger partial charge in [0, 0.05) is 19.5 Å². The highest BCUT2D eigenvalue weighted by Crippen LogP contribution is 2.14. The van der Waals surface area contributed by atoms with Gasteiger partial charge in [-0.3, -0.25) is 4.79 Å². The standard InChI is InChI=1S/C15H20N2O4/c1-15(9-16-10-15)21-8-13(18)17-12(14(19)20)7-11-5-3-2-4-6-11/h2-6,12,16H,7-10H2,1H3,(H,17,18)(H,19,20). The van der Waals surface area contributed by atoms with Crippen LogP contribution < -0.4 is 10.6 Å². The third kappa shape index (κ3) is 4.54. The minimum absolute atomic E-state index is 0.128. The van der Waals surface area contributed by atoms with E-state index in [2.05, 4.69) is 10.6 Å². The Balaban J connectivity index is 1.84. The van der Waals surface area contributed by atoms with Gasteiger partial charge >= 0.3 is 5.97 Å². The van der Waals surface area contributed by atoms with Crippen molar-refractivity contribution in [3.8, 4) is 0 Å². The number of nitrogens with one attached hydrogen (secondary N) is 2. The minimum Gasteiger partial charge on any atom is -0.480 e. The van der Waals surface area contributed by atoms with Crippen molar-refractivity contribution in [1.29, 1.82) is 0 Å². The molecule has 1 aromatic rings. The SMILES string of the molecule is CC1(OCC(=O)NC(Cc2ccccc2)C(=O)O)CNC1. The summed E-state index contributed by atoms with van der Waals surface area (Å²) < 4.78 is 5.49. The quantitative estimate of drug-likeness (QED) is 0.667. The first-order valence-electron chi connectivity index (χ1n) is 6.89. The van der Waals surface area contributed by atoms with Gasteiger partial charge in [0.2, 0.25) is 5.91 Å². The van der Waals surface area contributed by atoms with Crippen molar-refractivity contribution in [2.45, 2.75) is 25.0 Å². The van der Waals surface area contributed by atoms with E-state index in [9.17, 15) is 14.7 Å². The van der Waals surface area contributed by atoms with E-state index < -0.39 is 17.9 Å². The lowest BCUT2D eigenvalue weighted by molar-refractivity contribution is -0.145. The molecule has 1 aliphatic rings. The Labute approximate surface area is 123 Å². The second-order valence-corrected chi connectivity index (χ2v) is 5.49. The second-order valence-electron chi connectivity index (χ2n) is 5.49. The number of amides is 1. The summed E-state index contributed by atoms with van der Waals surface area (Å²) in [5, 5.41) is 14.8. The Bertz CT molecular complexity index is 500. The lowest BCUT2D eigenvalue weighted by Crippen LogP contribution is -2.60. The van der Waals surface area contributed by atoms with Crippen molar-refractivity contribution >= 4 is 11.9 Å². The molecule has 0 spiro atoms. The number of carboxylic acids is 1. The highest BCUT2D eigenvalue weighted by atomic mass is 16.5. The van der Waals surface area contributed by atoms with Crippen molar-refractivity contribution < 1.29 is 19.4 Å². The Morgan fingerprint density at radius 1 is 1.38 bits per heavy atom. The molecule has 21 heavy (non-hydrogen) atoms. The summed E-state index contributed by atoms with van der Waals surface area (Å²) in [6.07, 6.45) is 0.251. The second kappa shape index (κ2) is 6.69. The molecule has 6 heteroatoms. The average molecular weight is 292 g/mol. The molecule has 0 bridgehead atoms. The Morgan fingerprint density at radius 3 is 2.57 bits per heavy atom. The van der Waals surface area contributed by atoms with E-state index in [4.69, 9.17) is 4.74 Å². The molecule has 1 fully saturated rings. The molecule has 0 radical (unpaired) electrons. The molecule has 1 atom stereocenters. The van der Waals surface area contributed by atoms with Gasteiger partial charge in [0.15, 0.2) is 0 Å². The molecule has 1 saturated heterocycles. The number of hydrogen-bond acceptors (Lipinski definition) is 4. The van der Waals surface area contributed by atoms with Crippen LogP contribution in [0.1, 0.15) is 12.5 Å². The number of benzene rings is 1. The molecule has 2 rings (SSSR count). The summed E-state index contributed by atoms with van der Waals surface area (Å²) in [6, 6.07) is 8.25. The van der Waals surface area contributed by atoms with Gasteiger partial charge in [-0.25, -0.2) is 4.79 Å². The van der Waals surface area contributed by atoms with E-state index in [0.717, 1.165) is 5.56 Å². The van der Waals surface area contributed by atoms with Crippen molar-refractivity contribution in [3.05, 3.63) is 35.9 Å². The average Bonchev–Trinajstić information content (AvgIpc) is 2.43. The minimum atomic E-state index is -1.05. The highest BCUT2D eigenvalue weighted by Gasteiger charge is 2.33. The fraction of sp³-hybridized carbons (Fsp3) is 0.467. The summed E-state index contributed by atoms with van der Waals surface area (Å²) in [4.78, 5) is 23.1. The van der Waals surface area contributed by atoms with Gasteiger partial charge in [0.05, 0.1) is 5.60 Å². The van der Waals surface area contributed by atoms with Gasteiger partial charge in [-0.15, -0.1) is 0 Å². The van der Waals surface area contributed by atoms with E-state index in [0.29, 0.717) is 13.1 Å². The normalized spacial score (nSPS) is 17.6. The van der Waals surface area contributed by atoms with Crippen LogP contribution in [0.15, 0.2) is 30.3 Å². The van der Waals surface area contributed by atoms with Crippen LogP contribution in [0.25, 0.3) is 0 Å². The van der Waals surface area contributed by atoms with Crippen molar-refractivity contribution in [1.82, 2.24) is 10.6 Å². The molecule has 1 amide bonds. The lowest BCUT2D eigenvalue weighted by Gasteiger charge is -2.38. The summed E-state index contributed by atoms with van der Waals surface area (Å²) in [5.74, 6) is -1.46. The van der Waals surface area contributed by atoms with Crippen molar-refractivity contribution in [2.24, 2.45) is 0 Å². The highest BCUT2D eigenvalue weighted by molar-refractivity contribution is 5.84. The zero-order valence-electron chi connectivity index (χ0n) is 12.0. The topological polar surface area (TPSA) is 87.7 Å². The lowest BCUT2D eigenvalue weighted by atomic mass is 10.0. The predicted octanol–water partition coefficient (Wildman–Crippen LogP) is 0.177. The molecule has 0 aliphatic carbocycles. The number of carboxylic acid groups (broad SMARTS) is 1. The molecule has 0 saturated carbocycles.